The molecule has 26 heavy (non-hydrogen) atoms. The van der Waals surface area contributed by atoms with Crippen molar-refractivity contribution in [2.75, 3.05) is 31.8 Å². The van der Waals surface area contributed by atoms with Gasteiger partial charge in [-0.2, -0.15) is 9.97 Å². The Balaban J connectivity index is 1.96. The number of anilines is 2. The first-order valence-corrected chi connectivity index (χ1v) is 8.82. The van der Waals surface area contributed by atoms with Crippen molar-refractivity contribution in [3.8, 4) is 5.75 Å². The highest BCUT2D eigenvalue weighted by Gasteiger charge is 2.10. The Kier molecular flexibility index (Phi) is 3.96. The summed E-state index contributed by atoms with van der Waals surface area (Å²) in [6.45, 7) is 0. The zero-order chi connectivity index (χ0) is 18.3. The Morgan fingerprint density at radius 3 is 2.58 bits per heavy atom. The van der Waals surface area contributed by atoms with Crippen LogP contribution >= 0.6 is 11.3 Å². The normalized spacial score (nSPS) is 12.0. The lowest BCUT2D eigenvalue weighted by atomic mass is 10.3. The molecule has 0 amide bonds. The van der Waals surface area contributed by atoms with E-state index >= 15 is 0 Å². The van der Waals surface area contributed by atoms with Crippen LogP contribution in [0.2, 0.25) is 0 Å². The molecule has 0 bridgehead atoms. The largest absolute Gasteiger partial charge is 0.497 e. The van der Waals surface area contributed by atoms with Crippen molar-refractivity contribution in [2.45, 2.75) is 0 Å². The summed E-state index contributed by atoms with van der Waals surface area (Å²) < 4.78 is 8.25. The molecular weight excluding hydrogens is 348 g/mol. The molecule has 0 spiro atoms. The molecule has 0 saturated heterocycles. The highest BCUT2D eigenvalue weighted by molar-refractivity contribution is 7.23. The van der Waals surface area contributed by atoms with Crippen molar-refractivity contribution in [2.24, 2.45) is 4.99 Å². The summed E-state index contributed by atoms with van der Waals surface area (Å²) in [4.78, 5) is 16.2. The lowest BCUT2D eigenvalue weighted by molar-refractivity contribution is 0.415. The third-order valence-electron chi connectivity index (χ3n) is 4.02. The number of hydrogen-bond donors (Lipinski definition) is 1. The predicted octanol–water partition coefficient (Wildman–Crippen LogP) is 2.83. The summed E-state index contributed by atoms with van der Waals surface area (Å²) in [6, 6.07) is 13.8. The first-order valence-electron chi connectivity index (χ1n) is 8.00. The first kappa shape index (κ1) is 16.3. The highest BCUT2D eigenvalue weighted by Crippen LogP contribution is 2.28. The molecule has 2 aromatic carbocycles. The van der Waals surface area contributed by atoms with Gasteiger partial charge >= 0.3 is 0 Å². The Labute approximate surface area is 154 Å². The molecule has 0 radical (unpaired) electrons. The van der Waals surface area contributed by atoms with Gasteiger partial charge in [0.25, 0.3) is 0 Å². The number of nitrogens with two attached hydrogens (primary N) is 1. The molecule has 2 heterocycles. The number of aromatic nitrogens is 3. The smallest absolute Gasteiger partial charge is 0.240 e. The van der Waals surface area contributed by atoms with Gasteiger partial charge in [0.05, 0.1) is 23.0 Å². The van der Waals surface area contributed by atoms with Gasteiger partial charge in [-0.25, -0.2) is 4.99 Å². The summed E-state index contributed by atoms with van der Waals surface area (Å²) in [7, 11) is 5.66. The van der Waals surface area contributed by atoms with Gasteiger partial charge in [-0.3, -0.25) is 4.40 Å². The van der Waals surface area contributed by atoms with Crippen LogP contribution in [0.1, 0.15) is 0 Å². The summed E-state index contributed by atoms with van der Waals surface area (Å²) in [6.07, 6.45) is 0. The van der Waals surface area contributed by atoms with E-state index < -0.39 is 0 Å². The van der Waals surface area contributed by atoms with Gasteiger partial charge in [-0.15, -0.1) is 0 Å². The van der Waals surface area contributed by atoms with Crippen LogP contribution in [-0.4, -0.2) is 35.6 Å². The second-order valence-corrected chi connectivity index (χ2v) is 6.97. The Bertz CT molecular complexity index is 1160. The van der Waals surface area contributed by atoms with Crippen LogP contribution in [0.3, 0.4) is 0 Å². The summed E-state index contributed by atoms with van der Waals surface area (Å²) in [5.74, 6) is 0.996. The molecule has 0 unspecified atom stereocenters. The topological polar surface area (TPSA) is 81.0 Å². The van der Waals surface area contributed by atoms with Crippen LogP contribution < -0.4 is 21.0 Å². The van der Waals surface area contributed by atoms with Crippen molar-refractivity contribution < 1.29 is 4.74 Å². The minimum Gasteiger partial charge on any atom is -0.497 e. The number of fused-ring (bicyclic) bond motifs is 3. The number of nitrogens with zero attached hydrogens (tertiary/aromatic N) is 5. The Morgan fingerprint density at radius 2 is 1.88 bits per heavy atom. The number of thiazole rings is 1. The lowest BCUT2D eigenvalue weighted by Gasteiger charge is -2.11. The van der Waals surface area contributed by atoms with Crippen LogP contribution in [0.4, 0.5) is 17.3 Å². The van der Waals surface area contributed by atoms with E-state index in [1.807, 2.05) is 65.9 Å². The average molecular weight is 366 g/mol. The predicted molar refractivity (Wildman–Crippen MR) is 105 cm³/mol. The van der Waals surface area contributed by atoms with Crippen molar-refractivity contribution in [3.05, 3.63) is 48.1 Å². The minimum atomic E-state index is 0.201. The van der Waals surface area contributed by atoms with Crippen LogP contribution in [0.15, 0.2) is 47.5 Å². The zero-order valence-corrected chi connectivity index (χ0v) is 15.5. The van der Waals surface area contributed by atoms with Crippen LogP contribution in [-0.2, 0) is 0 Å². The SMILES string of the molecule is COc1ccc2c(c1)sc1nc(N)n/c(=N\c3ccc(N(C)C)cc3)n12. The van der Waals surface area contributed by atoms with Crippen molar-refractivity contribution in [1.29, 1.82) is 0 Å². The van der Waals surface area contributed by atoms with Gasteiger partial charge in [0.15, 0.2) is 0 Å². The van der Waals surface area contributed by atoms with E-state index in [0.29, 0.717) is 5.62 Å². The molecule has 0 fully saturated rings. The average Bonchev–Trinajstić information content (AvgIpc) is 2.99. The molecule has 4 aromatic rings. The fourth-order valence-corrected chi connectivity index (χ4v) is 3.74. The van der Waals surface area contributed by atoms with Gasteiger partial charge < -0.3 is 15.4 Å². The van der Waals surface area contributed by atoms with E-state index in [2.05, 4.69) is 15.0 Å². The van der Waals surface area contributed by atoms with E-state index in [1.54, 1.807) is 7.11 Å². The molecule has 0 aliphatic heterocycles. The molecule has 2 N–H and O–H groups in total. The number of methoxy groups -OCH3 is 1. The van der Waals surface area contributed by atoms with Gasteiger partial charge in [-0.1, -0.05) is 11.3 Å². The van der Waals surface area contributed by atoms with Gasteiger partial charge in [0.2, 0.25) is 16.5 Å². The molecule has 0 aliphatic carbocycles. The summed E-state index contributed by atoms with van der Waals surface area (Å²) in [5.41, 5.74) is 9.28. The molecule has 4 rings (SSSR count). The standard InChI is InChI=1S/C18H18N6OS/c1-23(2)12-6-4-11(5-7-12)20-17-21-16(19)22-18-24(17)14-9-8-13(25-3)10-15(14)26-18/h4-10H,1-3H3,(H2,19,20,21). The maximum Gasteiger partial charge on any atom is 0.240 e. The van der Waals surface area contributed by atoms with Gasteiger partial charge in [0, 0.05) is 19.8 Å². The number of ether oxygens (including phenoxy) is 1. The molecule has 8 heteroatoms. The van der Waals surface area contributed by atoms with Crippen molar-refractivity contribution in [1.82, 2.24) is 14.4 Å². The molecule has 0 atom stereocenters. The number of benzene rings is 2. The quantitative estimate of drug-likeness (QED) is 0.603. The van der Waals surface area contributed by atoms with E-state index in [4.69, 9.17) is 10.5 Å². The third kappa shape index (κ3) is 2.84. The second kappa shape index (κ2) is 6.30. The maximum absolute atomic E-state index is 5.90. The van der Waals surface area contributed by atoms with E-state index in [1.165, 1.54) is 11.3 Å². The fraction of sp³-hybridized carbons (Fsp3) is 0.167. The lowest BCUT2D eigenvalue weighted by Crippen LogP contribution is -2.20. The Hall–Kier alpha value is -3.13. The summed E-state index contributed by atoms with van der Waals surface area (Å²) in [5, 5.41) is 0. The number of rotatable bonds is 3. The minimum absolute atomic E-state index is 0.201. The fourth-order valence-electron chi connectivity index (χ4n) is 2.69. The van der Waals surface area contributed by atoms with Crippen LogP contribution in [0.25, 0.3) is 15.2 Å². The second-order valence-electron chi connectivity index (χ2n) is 5.96. The van der Waals surface area contributed by atoms with E-state index in [-0.39, 0.29) is 5.95 Å². The molecule has 7 nitrogen and oxygen atoms in total. The van der Waals surface area contributed by atoms with Crippen LogP contribution in [0.5, 0.6) is 5.75 Å². The third-order valence-corrected chi connectivity index (χ3v) is 5.02. The van der Waals surface area contributed by atoms with E-state index in [0.717, 1.165) is 32.3 Å². The molecule has 2 aromatic heterocycles. The molecule has 132 valence electrons. The van der Waals surface area contributed by atoms with Crippen molar-refractivity contribution >= 4 is 43.8 Å². The maximum atomic E-state index is 5.90. The van der Waals surface area contributed by atoms with Gasteiger partial charge in [0.1, 0.15) is 5.75 Å². The number of nitrogen functional groups attached to an aromatic ring is 1. The van der Waals surface area contributed by atoms with E-state index in [9.17, 15) is 0 Å². The van der Waals surface area contributed by atoms with Crippen LogP contribution in [0, 0.1) is 0 Å². The monoisotopic (exact) mass is 366 g/mol. The highest BCUT2D eigenvalue weighted by atomic mass is 32.1. The molecular formula is C18H18N6OS. The molecule has 0 saturated carbocycles. The zero-order valence-electron chi connectivity index (χ0n) is 14.7. The first-order chi connectivity index (χ1) is 12.5. The molecule has 0 aliphatic rings. The summed E-state index contributed by atoms with van der Waals surface area (Å²) >= 11 is 1.52. The van der Waals surface area contributed by atoms with Gasteiger partial charge in [-0.05, 0) is 42.5 Å². The number of hydrogen-bond acceptors (Lipinski definition) is 7. The Morgan fingerprint density at radius 1 is 1.12 bits per heavy atom. The van der Waals surface area contributed by atoms with Crippen molar-refractivity contribution in [3.63, 3.8) is 0 Å².